The molecule has 2 aromatic carbocycles. The first-order valence-corrected chi connectivity index (χ1v) is 9.88. The summed E-state index contributed by atoms with van der Waals surface area (Å²) in [5.41, 5.74) is 2.92. The Labute approximate surface area is 161 Å². The van der Waals surface area contributed by atoms with Crippen LogP contribution in [0.3, 0.4) is 0 Å². The third-order valence-corrected chi connectivity index (χ3v) is 6.15. The summed E-state index contributed by atoms with van der Waals surface area (Å²) in [5, 5.41) is 4.59. The minimum Gasteiger partial charge on any atom is -0.326 e. The number of anilines is 1. The van der Waals surface area contributed by atoms with Crippen LogP contribution in [0, 0.1) is 0 Å². The van der Waals surface area contributed by atoms with E-state index in [0.29, 0.717) is 12.8 Å². The van der Waals surface area contributed by atoms with Crippen LogP contribution < -0.4 is 10.6 Å². The van der Waals surface area contributed by atoms with Crippen LogP contribution in [0.4, 0.5) is 10.5 Å². The quantitative estimate of drug-likeness (QED) is 0.802. The van der Waals surface area contributed by atoms with Crippen LogP contribution in [-0.4, -0.2) is 22.3 Å². The Balaban J connectivity index is 1.34. The summed E-state index contributed by atoms with van der Waals surface area (Å²) >= 11 is 1.03. The van der Waals surface area contributed by atoms with Gasteiger partial charge in [-0.3, -0.25) is 19.7 Å². The molecule has 5 nitrogen and oxygen atoms in total. The Morgan fingerprint density at radius 1 is 1.07 bits per heavy atom. The molecule has 1 unspecified atom stereocenters. The van der Waals surface area contributed by atoms with Crippen molar-refractivity contribution >= 4 is 34.5 Å². The maximum atomic E-state index is 12.5. The molecule has 1 saturated carbocycles. The molecule has 1 atom stereocenters. The number of carbonyl (C=O) groups excluding carboxylic acids is 3. The molecule has 1 aliphatic heterocycles. The van der Waals surface area contributed by atoms with Gasteiger partial charge in [0.25, 0.3) is 5.24 Å². The topological polar surface area (TPSA) is 75.3 Å². The van der Waals surface area contributed by atoms with Gasteiger partial charge in [-0.25, -0.2) is 0 Å². The van der Waals surface area contributed by atoms with Gasteiger partial charge in [0.1, 0.15) is 0 Å². The summed E-state index contributed by atoms with van der Waals surface area (Å²) in [4.78, 5) is 35.4. The van der Waals surface area contributed by atoms with Gasteiger partial charge in [-0.05, 0) is 42.5 Å². The zero-order chi connectivity index (χ0) is 18.9. The molecule has 3 amide bonds. The molecular formula is C21H20N2O3S. The molecule has 0 radical (unpaired) electrons. The van der Waals surface area contributed by atoms with Gasteiger partial charge >= 0.3 is 0 Å². The smallest absolute Gasteiger partial charge is 0.286 e. The number of rotatable bonds is 6. The standard InChI is InChI=1S/C21H20N2O3S/c24-18(13-21(10-11-21)15-4-2-1-3-5-15)22-16-8-6-14(7-9-16)12-17-19(25)23-20(26)27-17/h1-9,17H,10-13H2,(H,22,24)(H,23,25,26). The Morgan fingerprint density at radius 2 is 1.78 bits per heavy atom. The number of nitrogens with one attached hydrogen (secondary N) is 2. The van der Waals surface area contributed by atoms with Crippen LogP contribution in [0.5, 0.6) is 0 Å². The largest absolute Gasteiger partial charge is 0.326 e. The van der Waals surface area contributed by atoms with Crippen molar-refractivity contribution in [2.45, 2.75) is 36.3 Å². The summed E-state index contributed by atoms with van der Waals surface area (Å²) in [7, 11) is 0. The Morgan fingerprint density at radius 3 is 2.37 bits per heavy atom. The van der Waals surface area contributed by atoms with E-state index in [1.54, 1.807) is 0 Å². The maximum Gasteiger partial charge on any atom is 0.286 e. The Kier molecular flexibility index (Phi) is 4.74. The fourth-order valence-electron chi connectivity index (χ4n) is 3.49. The molecule has 2 aliphatic rings. The third kappa shape index (κ3) is 4.06. The molecular weight excluding hydrogens is 360 g/mol. The molecule has 6 heteroatoms. The van der Waals surface area contributed by atoms with Gasteiger partial charge in [0.05, 0.1) is 5.25 Å². The van der Waals surface area contributed by atoms with Crippen molar-refractivity contribution in [2.24, 2.45) is 0 Å². The minimum absolute atomic E-state index is 0.00905. The molecule has 1 heterocycles. The number of imide groups is 1. The highest BCUT2D eigenvalue weighted by molar-refractivity contribution is 8.15. The van der Waals surface area contributed by atoms with E-state index < -0.39 is 0 Å². The molecule has 138 valence electrons. The molecule has 2 N–H and O–H groups in total. The fraction of sp³-hybridized carbons (Fsp3) is 0.286. The van der Waals surface area contributed by atoms with E-state index in [1.807, 2.05) is 42.5 Å². The van der Waals surface area contributed by atoms with Crippen LogP contribution in [0.15, 0.2) is 54.6 Å². The van der Waals surface area contributed by atoms with Crippen molar-refractivity contribution in [3.63, 3.8) is 0 Å². The Hall–Kier alpha value is -2.60. The van der Waals surface area contributed by atoms with Gasteiger partial charge in [0.15, 0.2) is 0 Å². The average molecular weight is 380 g/mol. The first-order valence-electron chi connectivity index (χ1n) is 9.00. The summed E-state index contributed by atoms with van der Waals surface area (Å²) in [6, 6.07) is 17.7. The second-order valence-corrected chi connectivity index (χ2v) is 8.33. The van der Waals surface area contributed by atoms with Crippen molar-refractivity contribution in [2.75, 3.05) is 5.32 Å². The number of hydrogen-bond donors (Lipinski definition) is 2. The SMILES string of the molecule is O=C(CC1(c2ccccc2)CC1)Nc1ccc(CC2SC(=O)NC2=O)cc1. The first-order chi connectivity index (χ1) is 13.0. The minimum atomic E-state index is -0.376. The first kappa shape index (κ1) is 17.8. The van der Waals surface area contributed by atoms with E-state index in [-0.39, 0.29) is 27.7 Å². The lowest BCUT2D eigenvalue weighted by Crippen LogP contribution is -2.25. The summed E-state index contributed by atoms with van der Waals surface area (Å²) in [6.45, 7) is 0. The van der Waals surface area contributed by atoms with Gasteiger partial charge in [-0.15, -0.1) is 0 Å². The molecule has 27 heavy (non-hydrogen) atoms. The maximum absolute atomic E-state index is 12.5. The van der Waals surface area contributed by atoms with E-state index >= 15 is 0 Å². The van der Waals surface area contributed by atoms with Crippen molar-refractivity contribution in [3.05, 3.63) is 65.7 Å². The third-order valence-electron chi connectivity index (χ3n) is 5.16. The lowest BCUT2D eigenvalue weighted by Gasteiger charge is -2.15. The summed E-state index contributed by atoms with van der Waals surface area (Å²) < 4.78 is 0. The molecule has 0 aromatic heterocycles. The highest BCUT2D eigenvalue weighted by Crippen LogP contribution is 2.51. The van der Waals surface area contributed by atoms with E-state index in [2.05, 4.69) is 22.8 Å². The highest BCUT2D eigenvalue weighted by atomic mass is 32.2. The highest BCUT2D eigenvalue weighted by Gasteiger charge is 2.45. The second-order valence-electron chi connectivity index (χ2n) is 7.16. The van der Waals surface area contributed by atoms with E-state index in [9.17, 15) is 14.4 Å². The van der Waals surface area contributed by atoms with Gasteiger partial charge < -0.3 is 5.32 Å². The number of hydrogen-bond acceptors (Lipinski definition) is 4. The van der Waals surface area contributed by atoms with Crippen molar-refractivity contribution < 1.29 is 14.4 Å². The zero-order valence-corrected chi connectivity index (χ0v) is 15.6. The number of amides is 3. The number of thioether (sulfide) groups is 1. The normalized spacial score (nSPS) is 20.2. The molecule has 1 aliphatic carbocycles. The molecule has 1 saturated heterocycles. The molecule has 2 fully saturated rings. The van der Waals surface area contributed by atoms with Crippen LogP contribution >= 0.6 is 11.8 Å². The van der Waals surface area contributed by atoms with Gasteiger partial charge in [0, 0.05) is 17.5 Å². The second kappa shape index (κ2) is 7.19. The van der Waals surface area contributed by atoms with Gasteiger partial charge in [-0.2, -0.15) is 0 Å². The van der Waals surface area contributed by atoms with E-state index in [0.717, 1.165) is 35.9 Å². The lowest BCUT2D eigenvalue weighted by atomic mass is 9.92. The van der Waals surface area contributed by atoms with Crippen LogP contribution in [0.1, 0.15) is 30.4 Å². The monoisotopic (exact) mass is 380 g/mol. The summed E-state index contributed by atoms with van der Waals surface area (Å²) in [5.74, 6) is -0.224. The molecule has 4 rings (SSSR count). The van der Waals surface area contributed by atoms with Crippen LogP contribution in [-0.2, 0) is 21.4 Å². The van der Waals surface area contributed by atoms with Crippen LogP contribution in [0.25, 0.3) is 0 Å². The van der Waals surface area contributed by atoms with E-state index in [4.69, 9.17) is 0 Å². The Bertz CT molecular complexity index is 876. The fourth-order valence-corrected chi connectivity index (χ4v) is 4.35. The predicted octanol–water partition coefficient (Wildman–Crippen LogP) is 3.64. The lowest BCUT2D eigenvalue weighted by molar-refractivity contribution is -0.119. The van der Waals surface area contributed by atoms with Crippen molar-refractivity contribution in [1.29, 1.82) is 0 Å². The average Bonchev–Trinajstić information content (AvgIpc) is 3.36. The van der Waals surface area contributed by atoms with Crippen molar-refractivity contribution in [1.82, 2.24) is 5.32 Å². The zero-order valence-electron chi connectivity index (χ0n) is 14.7. The summed E-state index contributed by atoms with van der Waals surface area (Å²) in [6.07, 6.45) is 3.07. The van der Waals surface area contributed by atoms with Gasteiger partial charge in [-0.1, -0.05) is 54.2 Å². The van der Waals surface area contributed by atoms with Gasteiger partial charge in [0.2, 0.25) is 11.8 Å². The molecule has 0 bridgehead atoms. The molecule has 0 spiro atoms. The van der Waals surface area contributed by atoms with E-state index in [1.165, 1.54) is 5.56 Å². The van der Waals surface area contributed by atoms with Crippen LogP contribution in [0.2, 0.25) is 0 Å². The predicted molar refractivity (Wildman–Crippen MR) is 106 cm³/mol. The number of benzene rings is 2. The molecule has 2 aromatic rings. The number of carbonyl (C=O) groups is 3. The van der Waals surface area contributed by atoms with Crippen molar-refractivity contribution in [3.8, 4) is 0 Å².